The Morgan fingerprint density at radius 3 is 2.71 bits per heavy atom. The fourth-order valence-electron chi connectivity index (χ4n) is 3.33. The third-order valence-electron chi connectivity index (χ3n) is 4.79. The van der Waals surface area contributed by atoms with Crippen LogP contribution in [0.5, 0.6) is 11.5 Å². The van der Waals surface area contributed by atoms with E-state index in [0.29, 0.717) is 33.5 Å². The molecule has 2 heterocycles. The lowest BCUT2D eigenvalue weighted by atomic mass is 10.1. The summed E-state index contributed by atoms with van der Waals surface area (Å²) in [6.45, 7) is 0.259. The van der Waals surface area contributed by atoms with Gasteiger partial charge in [-0.05, 0) is 46.8 Å². The molecule has 3 aromatic carbocycles. The van der Waals surface area contributed by atoms with E-state index in [1.54, 1.807) is 28.9 Å². The molecular formula is C22H17FN4O3S. The van der Waals surface area contributed by atoms with E-state index >= 15 is 0 Å². The molecule has 9 heteroatoms. The summed E-state index contributed by atoms with van der Waals surface area (Å²) in [5, 5.41) is 21.9. The molecule has 0 fully saturated rings. The Balaban J connectivity index is 1.40. The van der Waals surface area contributed by atoms with Gasteiger partial charge in [0.05, 0.1) is 12.3 Å². The van der Waals surface area contributed by atoms with Crippen LogP contribution in [-0.2, 0) is 17.1 Å². The van der Waals surface area contributed by atoms with Crippen molar-refractivity contribution in [2.75, 3.05) is 0 Å². The minimum Gasteiger partial charge on any atom is -0.508 e. The van der Waals surface area contributed by atoms with Gasteiger partial charge in [-0.1, -0.05) is 42.1 Å². The number of rotatable bonds is 5. The van der Waals surface area contributed by atoms with Crippen LogP contribution in [0.15, 0.2) is 71.9 Å². The summed E-state index contributed by atoms with van der Waals surface area (Å²) in [6.07, 6.45) is -0.551. The van der Waals surface area contributed by atoms with Gasteiger partial charge in [-0.2, -0.15) is 4.68 Å². The van der Waals surface area contributed by atoms with Crippen molar-refractivity contribution >= 4 is 11.8 Å². The normalized spacial score (nSPS) is 15.3. The zero-order valence-electron chi connectivity index (χ0n) is 16.2. The van der Waals surface area contributed by atoms with Crippen molar-refractivity contribution in [2.45, 2.75) is 23.8 Å². The first-order valence-corrected chi connectivity index (χ1v) is 10.5. The third-order valence-corrected chi connectivity index (χ3v) is 5.75. The maximum absolute atomic E-state index is 14.2. The van der Waals surface area contributed by atoms with Gasteiger partial charge in [0.1, 0.15) is 17.3 Å². The van der Waals surface area contributed by atoms with Gasteiger partial charge in [0.15, 0.2) is 0 Å². The summed E-state index contributed by atoms with van der Waals surface area (Å²) >= 11 is 1.36. The summed E-state index contributed by atoms with van der Waals surface area (Å²) in [7, 11) is 0. The molecule has 1 unspecified atom stereocenters. The van der Waals surface area contributed by atoms with E-state index in [2.05, 4.69) is 15.5 Å². The molecule has 0 bridgehead atoms. The van der Waals surface area contributed by atoms with Crippen LogP contribution < -0.4 is 4.74 Å². The van der Waals surface area contributed by atoms with Crippen LogP contribution in [0.4, 0.5) is 4.39 Å². The number of aromatic nitrogens is 4. The predicted octanol–water partition coefficient (Wildman–Crippen LogP) is 4.41. The molecule has 1 aromatic heterocycles. The van der Waals surface area contributed by atoms with Gasteiger partial charge in [-0.25, -0.2) is 4.39 Å². The second-order valence-electron chi connectivity index (χ2n) is 6.90. The average Bonchev–Trinajstić information content (AvgIpc) is 3.27. The van der Waals surface area contributed by atoms with Crippen LogP contribution in [0.25, 0.3) is 5.69 Å². The number of ether oxygens (including phenoxy) is 2. The first-order chi connectivity index (χ1) is 15.2. The molecule has 1 aliphatic rings. The van der Waals surface area contributed by atoms with E-state index < -0.39 is 6.29 Å². The number of tetrazole rings is 1. The van der Waals surface area contributed by atoms with E-state index in [0.717, 1.165) is 5.56 Å². The van der Waals surface area contributed by atoms with Crippen LogP contribution in [0.3, 0.4) is 0 Å². The minimum atomic E-state index is -0.551. The van der Waals surface area contributed by atoms with Crippen LogP contribution in [-0.4, -0.2) is 25.3 Å². The van der Waals surface area contributed by atoms with Crippen molar-refractivity contribution < 1.29 is 19.0 Å². The van der Waals surface area contributed by atoms with Gasteiger partial charge < -0.3 is 14.6 Å². The molecule has 31 heavy (non-hydrogen) atoms. The van der Waals surface area contributed by atoms with E-state index in [-0.39, 0.29) is 18.2 Å². The lowest BCUT2D eigenvalue weighted by Crippen LogP contribution is -2.19. The molecule has 0 saturated carbocycles. The second-order valence-corrected chi connectivity index (χ2v) is 7.85. The predicted molar refractivity (Wildman–Crippen MR) is 111 cm³/mol. The molecule has 5 rings (SSSR count). The number of hydrogen-bond donors (Lipinski definition) is 1. The summed E-state index contributed by atoms with van der Waals surface area (Å²) in [6, 6.07) is 19.1. The van der Waals surface area contributed by atoms with Crippen molar-refractivity contribution in [1.29, 1.82) is 0 Å². The number of halogens is 1. The lowest BCUT2D eigenvalue weighted by Gasteiger charge is -2.28. The topological polar surface area (TPSA) is 82.3 Å². The molecule has 0 saturated heterocycles. The minimum absolute atomic E-state index is 0.157. The van der Waals surface area contributed by atoms with Crippen molar-refractivity contribution in [3.05, 3.63) is 89.2 Å². The highest BCUT2D eigenvalue weighted by molar-refractivity contribution is 7.98. The average molecular weight is 436 g/mol. The Morgan fingerprint density at radius 2 is 1.90 bits per heavy atom. The largest absolute Gasteiger partial charge is 0.508 e. The first-order valence-electron chi connectivity index (χ1n) is 9.52. The van der Waals surface area contributed by atoms with Gasteiger partial charge in [-0.15, -0.1) is 5.10 Å². The summed E-state index contributed by atoms with van der Waals surface area (Å²) in [4.78, 5) is 0. The van der Waals surface area contributed by atoms with Gasteiger partial charge >= 0.3 is 0 Å². The molecular weight excluding hydrogens is 419 g/mol. The van der Waals surface area contributed by atoms with Gasteiger partial charge in [-0.3, -0.25) is 0 Å². The standard InChI is InChI=1S/C22H17FN4O3S/c23-17-10-15-12-29-21(14-4-2-1-3-5-14)30-20(15)16(11-17)13-31-22-24-25-26-27(22)18-6-8-19(28)9-7-18/h1-11,21,28H,12-13H2. The molecule has 0 spiro atoms. The van der Waals surface area contributed by atoms with E-state index in [1.807, 2.05) is 30.3 Å². The highest BCUT2D eigenvalue weighted by Crippen LogP contribution is 2.38. The Labute approximate surface area is 181 Å². The summed E-state index contributed by atoms with van der Waals surface area (Å²) < 4.78 is 27.7. The number of phenolic OH excluding ortho intramolecular Hbond substituents is 1. The number of benzene rings is 3. The maximum atomic E-state index is 14.2. The summed E-state index contributed by atoms with van der Waals surface area (Å²) in [5.41, 5.74) is 2.97. The first kappa shape index (κ1) is 19.5. The number of fused-ring (bicyclic) bond motifs is 1. The molecule has 1 atom stereocenters. The Kier molecular flexibility index (Phi) is 5.27. The smallest absolute Gasteiger partial charge is 0.227 e. The highest BCUT2D eigenvalue weighted by Gasteiger charge is 2.25. The van der Waals surface area contributed by atoms with Crippen molar-refractivity contribution in [2.24, 2.45) is 0 Å². The Morgan fingerprint density at radius 1 is 1.10 bits per heavy atom. The van der Waals surface area contributed by atoms with Gasteiger partial charge in [0.2, 0.25) is 11.4 Å². The van der Waals surface area contributed by atoms with Crippen LogP contribution >= 0.6 is 11.8 Å². The zero-order chi connectivity index (χ0) is 21.2. The number of phenols is 1. The number of nitrogens with zero attached hydrogens (tertiary/aromatic N) is 4. The maximum Gasteiger partial charge on any atom is 0.227 e. The molecule has 1 aliphatic heterocycles. The fraction of sp³-hybridized carbons (Fsp3) is 0.136. The van der Waals surface area contributed by atoms with Crippen LogP contribution in [0, 0.1) is 5.82 Å². The van der Waals surface area contributed by atoms with E-state index in [9.17, 15) is 9.50 Å². The molecule has 156 valence electrons. The quantitative estimate of drug-likeness (QED) is 0.464. The Hall–Kier alpha value is -3.43. The zero-order valence-corrected chi connectivity index (χ0v) is 17.0. The number of thioether (sulfide) groups is 1. The van der Waals surface area contributed by atoms with Crippen molar-refractivity contribution in [3.63, 3.8) is 0 Å². The number of aromatic hydroxyl groups is 1. The summed E-state index contributed by atoms with van der Waals surface area (Å²) in [5.74, 6) is 0.834. The second kappa shape index (κ2) is 8.37. The molecule has 1 N–H and O–H groups in total. The van der Waals surface area contributed by atoms with Crippen molar-refractivity contribution in [3.8, 4) is 17.2 Å². The molecule has 4 aromatic rings. The van der Waals surface area contributed by atoms with Crippen molar-refractivity contribution in [1.82, 2.24) is 20.2 Å². The van der Waals surface area contributed by atoms with Gasteiger partial charge in [0.25, 0.3) is 0 Å². The molecule has 0 amide bonds. The SMILES string of the molecule is Oc1ccc(-n2nnnc2SCc2cc(F)cc3c2OC(c2ccccc2)OC3)cc1. The van der Waals surface area contributed by atoms with E-state index in [4.69, 9.17) is 9.47 Å². The lowest BCUT2D eigenvalue weighted by molar-refractivity contribution is -0.112. The number of hydrogen-bond acceptors (Lipinski definition) is 7. The Bertz CT molecular complexity index is 1200. The fourth-order valence-corrected chi connectivity index (χ4v) is 4.18. The third kappa shape index (κ3) is 4.10. The van der Waals surface area contributed by atoms with Gasteiger partial charge in [0, 0.05) is 22.4 Å². The van der Waals surface area contributed by atoms with E-state index in [1.165, 1.54) is 23.9 Å². The molecule has 0 radical (unpaired) electrons. The van der Waals surface area contributed by atoms with Crippen LogP contribution in [0.2, 0.25) is 0 Å². The monoisotopic (exact) mass is 436 g/mol. The van der Waals surface area contributed by atoms with Crippen LogP contribution in [0.1, 0.15) is 23.0 Å². The molecule has 7 nitrogen and oxygen atoms in total. The molecule has 0 aliphatic carbocycles. The highest BCUT2D eigenvalue weighted by atomic mass is 32.2.